The van der Waals surface area contributed by atoms with Gasteiger partial charge in [0.05, 0.1) is 6.04 Å². The van der Waals surface area contributed by atoms with Crippen LogP contribution in [0.15, 0.2) is 59.6 Å². The lowest BCUT2D eigenvalue weighted by atomic mass is 10.1. The molecule has 0 N–H and O–H groups in total. The summed E-state index contributed by atoms with van der Waals surface area (Å²) in [5.41, 5.74) is 3.59. The van der Waals surface area contributed by atoms with E-state index in [1.165, 1.54) is 0 Å². The number of anilines is 1. The quantitative estimate of drug-likeness (QED) is 0.503. The van der Waals surface area contributed by atoms with Gasteiger partial charge in [-0.05, 0) is 37.5 Å². The number of benzene rings is 2. The zero-order chi connectivity index (χ0) is 23.0. The van der Waals surface area contributed by atoms with Crippen molar-refractivity contribution in [2.45, 2.75) is 43.5 Å². The van der Waals surface area contributed by atoms with Crippen molar-refractivity contribution in [3.05, 3.63) is 65.3 Å². The van der Waals surface area contributed by atoms with Crippen molar-refractivity contribution in [2.24, 2.45) is 0 Å². The molecule has 33 heavy (non-hydrogen) atoms. The third-order valence-corrected chi connectivity index (χ3v) is 8.95. The summed E-state index contributed by atoms with van der Waals surface area (Å²) in [7, 11) is -3.68. The van der Waals surface area contributed by atoms with Gasteiger partial charge in [0.1, 0.15) is 10.6 Å². The Kier molecular flexibility index (Phi) is 6.20. The number of aryl methyl sites for hydroxylation is 1. The molecular weight excluding hydrogens is 456 g/mol. The largest absolute Gasteiger partial charge is 0.369 e. The summed E-state index contributed by atoms with van der Waals surface area (Å²) in [5.74, 6) is 0. The van der Waals surface area contributed by atoms with Gasteiger partial charge in [0.25, 0.3) is 0 Å². The molecule has 2 aliphatic rings. The minimum atomic E-state index is -3.68. The van der Waals surface area contributed by atoms with E-state index in [0.29, 0.717) is 41.8 Å². The first kappa shape index (κ1) is 22.4. The van der Waals surface area contributed by atoms with Gasteiger partial charge in [-0.1, -0.05) is 60.8 Å². The van der Waals surface area contributed by atoms with Crippen molar-refractivity contribution in [3.63, 3.8) is 0 Å². The summed E-state index contributed by atoms with van der Waals surface area (Å²) in [6.07, 6.45) is 6.19. The van der Waals surface area contributed by atoms with E-state index in [4.69, 9.17) is 16.7 Å². The van der Waals surface area contributed by atoms with Gasteiger partial charge in [-0.2, -0.15) is 9.40 Å². The monoisotopic (exact) mass is 484 g/mol. The highest BCUT2D eigenvalue weighted by atomic mass is 35.5. The highest BCUT2D eigenvalue weighted by molar-refractivity contribution is 7.89. The van der Waals surface area contributed by atoms with Crippen molar-refractivity contribution in [2.75, 3.05) is 31.1 Å². The molecule has 5 rings (SSSR count). The Bertz CT molecular complexity index is 1230. The molecule has 0 unspecified atom stereocenters. The van der Waals surface area contributed by atoms with Crippen LogP contribution in [0.4, 0.5) is 5.69 Å². The molecule has 1 saturated carbocycles. The maximum absolute atomic E-state index is 13.8. The van der Waals surface area contributed by atoms with E-state index in [-0.39, 0.29) is 6.04 Å². The lowest BCUT2D eigenvalue weighted by Crippen LogP contribution is -2.48. The number of rotatable bonds is 5. The van der Waals surface area contributed by atoms with Gasteiger partial charge in [0.2, 0.25) is 10.0 Å². The summed E-state index contributed by atoms with van der Waals surface area (Å²) < 4.78 is 31.1. The second-order valence-corrected chi connectivity index (χ2v) is 11.3. The van der Waals surface area contributed by atoms with Gasteiger partial charge in [0, 0.05) is 48.6 Å². The van der Waals surface area contributed by atoms with Crippen LogP contribution < -0.4 is 4.90 Å². The third-order valence-electron chi connectivity index (χ3n) is 6.81. The van der Waals surface area contributed by atoms with Gasteiger partial charge >= 0.3 is 0 Å². The second kappa shape index (κ2) is 9.12. The molecule has 0 bridgehead atoms. The molecule has 1 saturated heterocycles. The van der Waals surface area contributed by atoms with Gasteiger partial charge < -0.3 is 4.90 Å². The SMILES string of the molecule is Cc1ccc(Cl)cc1N1CCN(S(=O)(=O)c2cn(C3CCCC3)nc2-c2ccccc2)CC1. The molecular formula is C25H29ClN4O2S. The molecule has 0 atom stereocenters. The molecule has 2 fully saturated rings. The molecule has 8 heteroatoms. The minimum Gasteiger partial charge on any atom is -0.369 e. The number of piperazine rings is 1. The average molecular weight is 485 g/mol. The second-order valence-electron chi connectivity index (χ2n) is 8.95. The van der Waals surface area contributed by atoms with Gasteiger partial charge in [0.15, 0.2) is 0 Å². The molecule has 0 radical (unpaired) electrons. The molecule has 1 aliphatic carbocycles. The van der Waals surface area contributed by atoms with Crippen LogP contribution in [0.25, 0.3) is 11.3 Å². The predicted molar refractivity (Wildman–Crippen MR) is 132 cm³/mol. The van der Waals surface area contributed by atoms with E-state index < -0.39 is 10.0 Å². The number of sulfonamides is 1. The standard InChI is InChI=1S/C25H29ClN4O2S/c1-19-11-12-21(26)17-23(19)28-13-15-29(16-14-28)33(31,32)24-18-30(22-9-5-6-10-22)27-25(24)20-7-3-2-4-8-20/h2-4,7-8,11-12,17-18,22H,5-6,9-10,13-16H2,1H3. The van der Waals surface area contributed by atoms with E-state index in [9.17, 15) is 8.42 Å². The fourth-order valence-corrected chi connectivity index (χ4v) is 6.68. The number of nitrogens with zero attached hydrogens (tertiary/aromatic N) is 4. The zero-order valence-corrected chi connectivity index (χ0v) is 20.4. The van der Waals surface area contributed by atoms with Crippen LogP contribution in [-0.2, 0) is 10.0 Å². The van der Waals surface area contributed by atoms with E-state index >= 15 is 0 Å². The Morgan fingerprint density at radius 3 is 2.36 bits per heavy atom. The minimum absolute atomic E-state index is 0.277. The van der Waals surface area contributed by atoms with Gasteiger partial charge in [-0.3, -0.25) is 4.68 Å². The molecule has 3 aromatic rings. The Morgan fingerprint density at radius 1 is 0.970 bits per heavy atom. The number of hydrogen-bond acceptors (Lipinski definition) is 4. The van der Waals surface area contributed by atoms with Gasteiger partial charge in [-0.25, -0.2) is 8.42 Å². The fraction of sp³-hybridized carbons (Fsp3) is 0.400. The van der Waals surface area contributed by atoms with Crippen LogP contribution in [0.5, 0.6) is 0 Å². The lowest BCUT2D eigenvalue weighted by Gasteiger charge is -2.36. The summed E-state index contributed by atoms with van der Waals surface area (Å²) in [4.78, 5) is 2.53. The van der Waals surface area contributed by atoms with Gasteiger partial charge in [-0.15, -0.1) is 0 Å². The van der Waals surface area contributed by atoms with Crippen LogP contribution in [-0.4, -0.2) is 48.7 Å². The zero-order valence-electron chi connectivity index (χ0n) is 18.8. The number of aromatic nitrogens is 2. The van der Waals surface area contributed by atoms with E-state index in [1.807, 2.05) is 53.2 Å². The Balaban J connectivity index is 1.43. The molecule has 6 nitrogen and oxygen atoms in total. The number of halogens is 1. The molecule has 0 spiro atoms. The van der Waals surface area contributed by atoms with E-state index in [2.05, 4.69) is 11.8 Å². The van der Waals surface area contributed by atoms with Crippen LogP contribution in [0.1, 0.15) is 37.3 Å². The summed E-state index contributed by atoms with van der Waals surface area (Å²) in [6.45, 7) is 4.16. The summed E-state index contributed by atoms with van der Waals surface area (Å²) in [6, 6.07) is 15.8. The van der Waals surface area contributed by atoms with Crippen LogP contribution in [0, 0.1) is 6.92 Å². The molecule has 1 aromatic heterocycles. The van der Waals surface area contributed by atoms with Crippen molar-refractivity contribution in [1.82, 2.24) is 14.1 Å². The van der Waals surface area contributed by atoms with E-state index in [1.54, 1.807) is 10.5 Å². The highest BCUT2D eigenvalue weighted by Crippen LogP contribution is 2.35. The molecule has 2 aromatic carbocycles. The molecule has 2 heterocycles. The van der Waals surface area contributed by atoms with Crippen LogP contribution in [0.3, 0.4) is 0 Å². The maximum atomic E-state index is 13.8. The topological polar surface area (TPSA) is 58.4 Å². The Morgan fingerprint density at radius 2 is 1.67 bits per heavy atom. The van der Waals surface area contributed by atoms with Crippen molar-refractivity contribution in [1.29, 1.82) is 0 Å². The van der Waals surface area contributed by atoms with Crippen LogP contribution >= 0.6 is 11.6 Å². The van der Waals surface area contributed by atoms with Crippen molar-refractivity contribution in [3.8, 4) is 11.3 Å². The lowest BCUT2D eigenvalue weighted by molar-refractivity contribution is 0.384. The molecule has 0 amide bonds. The number of hydrogen-bond donors (Lipinski definition) is 0. The maximum Gasteiger partial charge on any atom is 0.246 e. The van der Waals surface area contributed by atoms with E-state index in [0.717, 1.165) is 42.5 Å². The summed E-state index contributed by atoms with van der Waals surface area (Å²) in [5, 5.41) is 5.49. The Labute approximate surface area is 200 Å². The third kappa shape index (κ3) is 4.42. The first-order valence-corrected chi connectivity index (χ1v) is 13.4. The Hall–Kier alpha value is -2.35. The summed E-state index contributed by atoms with van der Waals surface area (Å²) >= 11 is 6.21. The van der Waals surface area contributed by atoms with Crippen molar-refractivity contribution >= 4 is 27.3 Å². The fourth-order valence-electron chi connectivity index (χ4n) is 4.95. The average Bonchev–Trinajstić information content (AvgIpc) is 3.52. The van der Waals surface area contributed by atoms with Crippen molar-refractivity contribution < 1.29 is 8.42 Å². The van der Waals surface area contributed by atoms with Crippen LogP contribution in [0.2, 0.25) is 5.02 Å². The molecule has 174 valence electrons. The first-order chi connectivity index (χ1) is 15.9. The normalized spacial score (nSPS) is 18.2. The predicted octanol–water partition coefficient (Wildman–Crippen LogP) is 5.14. The first-order valence-electron chi connectivity index (χ1n) is 11.6. The highest BCUT2D eigenvalue weighted by Gasteiger charge is 2.34. The molecule has 1 aliphatic heterocycles. The smallest absolute Gasteiger partial charge is 0.246 e.